The van der Waals surface area contributed by atoms with Crippen LogP contribution in [0.5, 0.6) is 0 Å². The lowest BCUT2D eigenvalue weighted by molar-refractivity contribution is -0.137. The first-order valence-electron chi connectivity index (χ1n) is 8.58. The highest BCUT2D eigenvalue weighted by atomic mass is 16.2. The number of nitrogens with one attached hydrogen (secondary N) is 1. The van der Waals surface area contributed by atoms with Crippen LogP contribution in [-0.4, -0.2) is 38.4 Å². The van der Waals surface area contributed by atoms with Crippen molar-refractivity contribution in [3.05, 3.63) is 72.2 Å². The number of rotatable bonds is 7. The smallest absolute Gasteiger partial charge is 0.287 e. The number of primary amides is 1. The van der Waals surface area contributed by atoms with Crippen molar-refractivity contribution in [1.29, 1.82) is 0 Å². The molecule has 8 heteroatoms. The summed E-state index contributed by atoms with van der Waals surface area (Å²) in [6, 6.07) is 11.5. The number of aryl methyl sites for hydroxylation is 1. The molecule has 1 atom stereocenters. The summed E-state index contributed by atoms with van der Waals surface area (Å²) >= 11 is 0. The van der Waals surface area contributed by atoms with Crippen LogP contribution in [0.4, 0.5) is 0 Å². The lowest BCUT2D eigenvalue weighted by atomic mass is 10.0. The fourth-order valence-corrected chi connectivity index (χ4v) is 2.84. The molecule has 28 heavy (non-hydrogen) atoms. The minimum Gasteiger partial charge on any atom is -0.363 e. The molecule has 0 aliphatic rings. The Bertz CT molecular complexity index is 999. The highest BCUT2D eigenvalue weighted by molar-refractivity contribution is 6.38. The summed E-state index contributed by atoms with van der Waals surface area (Å²) in [5, 5.41) is 6.94. The zero-order valence-electron chi connectivity index (χ0n) is 15.2. The van der Waals surface area contributed by atoms with Gasteiger partial charge in [0.05, 0.1) is 5.56 Å². The summed E-state index contributed by atoms with van der Waals surface area (Å²) in [6.07, 6.45) is 4.91. The lowest BCUT2D eigenvalue weighted by Gasteiger charge is -2.16. The molecular formula is C20H19N5O3. The Labute approximate surface area is 161 Å². The Morgan fingerprint density at radius 3 is 2.54 bits per heavy atom. The van der Waals surface area contributed by atoms with E-state index in [1.54, 1.807) is 49.9 Å². The number of Topliss-reactive ketones (excluding diaryl/α,β-unsaturated/α-hetero) is 1. The fraction of sp³-hybridized carbons (Fsp3) is 0.150. The van der Waals surface area contributed by atoms with Crippen LogP contribution in [0, 0.1) is 0 Å². The second kappa shape index (κ2) is 8.26. The van der Waals surface area contributed by atoms with Gasteiger partial charge in [-0.05, 0) is 17.7 Å². The first-order valence-corrected chi connectivity index (χ1v) is 8.58. The van der Waals surface area contributed by atoms with Crippen molar-refractivity contribution in [2.45, 2.75) is 12.5 Å². The van der Waals surface area contributed by atoms with Gasteiger partial charge in [-0.15, -0.1) is 0 Å². The average Bonchev–Trinajstić information content (AvgIpc) is 3.10. The number of carbonyl (C=O) groups is 3. The number of carbonyl (C=O) groups excluding carboxylic acids is 3. The largest absolute Gasteiger partial charge is 0.363 e. The summed E-state index contributed by atoms with van der Waals surface area (Å²) in [5.41, 5.74) is 7.32. The standard InChI is InChI=1S/C20H19N5O3/c1-25-12-15(17(24-25)14-8-5-9-22-11-14)20(28)23-16(18(26)19(21)27)10-13-6-3-2-4-7-13/h2-9,11-12,16H,10H2,1H3,(H2,21,27)(H,23,28)/t16-/m0/s1. The van der Waals surface area contributed by atoms with Crippen molar-refractivity contribution in [3.63, 3.8) is 0 Å². The number of amides is 2. The molecule has 2 aromatic heterocycles. The van der Waals surface area contributed by atoms with Crippen molar-refractivity contribution in [2.75, 3.05) is 0 Å². The summed E-state index contributed by atoms with van der Waals surface area (Å²) in [7, 11) is 1.69. The molecule has 1 aromatic carbocycles. The Morgan fingerprint density at radius 1 is 1.14 bits per heavy atom. The van der Waals surface area contributed by atoms with Gasteiger partial charge in [-0.2, -0.15) is 5.10 Å². The number of pyridine rings is 1. The Balaban J connectivity index is 1.88. The molecule has 0 aliphatic heterocycles. The zero-order valence-corrected chi connectivity index (χ0v) is 15.2. The molecule has 8 nitrogen and oxygen atoms in total. The first-order chi connectivity index (χ1) is 13.5. The summed E-state index contributed by atoms with van der Waals surface area (Å²) < 4.78 is 1.50. The van der Waals surface area contributed by atoms with Crippen LogP contribution in [-0.2, 0) is 23.1 Å². The third-order valence-electron chi connectivity index (χ3n) is 4.16. The second-order valence-electron chi connectivity index (χ2n) is 6.25. The number of hydrogen-bond acceptors (Lipinski definition) is 5. The van der Waals surface area contributed by atoms with Gasteiger partial charge in [-0.25, -0.2) is 0 Å². The monoisotopic (exact) mass is 377 g/mol. The lowest BCUT2D eigenvalue weighted by Crippen LogP contribution is -2.47. The number of benzene rings is 1. The van der Waals surface area contributed by atoms with E-state index in [-0.39, 0.29) is 12.0 Å². The van der Waals surface area contributed by atoms with Gasteiger partial charge in [0.2, 0.25) is 5.78 Å². The van der Waals surface area contributed by atoms with E-state index < -0.39 is 23.6 Å². The molecule has 3 aromatic rings. The predicted molar refractivity (Wildman–Crippen MR) is 102 cm³/mol. The zero-order chi connectivity index (χ0) is 20.1. The van der Waals surface area contributed by atoms with E-state index in [4.69, 9.17) is 5.73 Å². The maximum atomic E-state index is 12.9. The molecule has 0 unspecified atom stereocenters. The SMILES string of the molecule is Cn1cc(C(=O)N[C@@H](Cc2ccccc2)C(=O)C(N)=O)c(-c2cccnc2)n1. The minimum absolute atomic E-state index is 0.150. The molecule has 2 heterocycles. The van der Waals surface area contributed by atoms with Gasteiger partial charge >= 0.3 is 0 Å². The number of aromatic nitrogens is 3. The first kappa shape index (κ1) is 19.0. The Morgan fingerprint density at radius 2 is 1.89 bits per heavy atom. The van der Waals surface area contributed by atoms with Crippen LogP contribution in [0.3, 0.4) is 0 Å². The molecule has 142 valence electrons. The molecule has 0 saturated carbocycles. The number of hydrogen-bond donors (Lipinski definition) is 2. The summed E-state index contributed by atoms with van der Waals surface area (Å²) in [4.78, 5) is 40.6. The van der Waals surface area contributed by atoms with E-state index in [2.05, 4.69) is 15.4 Å². The normalized spacial score (nSPS) is 11.6. The Kier molecular flexibility index (Phi) is 5.59. The van der Waals surface area contributed by atoms with Gasteiger partial charge < -0.3 is 11.1 Å². The molecule has 3 rings (SSSR count). The molecule has 0 saturated heterocycles. The van der Waals surface area contributed by atoms with Gasteiger partial charge in [0.25, 0.3) is 11.8 Å². The molecule has 3 N–H and O–H groups in total. The molecule has 0 radical (unpaired) electrons. The molecule has 2 amide bonds. The number of nitrogens with zero attached hydrogens (tertiary/aromatic N) is 3. The van der Waals surface area contributed by atoms with E-state index in [9.17, 15) is 14.4 Å². The van der Waals surface area contributed by atoms with Crippen LogP contribution < -0.4 is 11.1 Å². The quantitative estimate of drug-likeness (QED) is 0.592. The van der Waals surface area contributed by atoms with Gasteiger partial charge in [-0.3, -0.25) is 24.0 Å². The van der Waals surface area contributed by atoms with E-state index in [1.807, 2.05) is 18.2 Å². The van der Waals surface area contributed by atoms with E-state index in [0.717, 1.165) is 5.56 Å². The van der Waals surface area contributed by atoms with Crippen LogP contribution >= 0.6 is 0 Å². The van der Waals surface area contributed by atoms with Gasteiger partial charge in [0, 0.05) is 37.6 Å². The topological polar surface area (TPSA) is 120 Å². The van der Waals surface area contributed by atoms with Crippen molar-refractivity contribution < 1.29 is 14.4 Å². The van der Waals surface area contributed by atoms with Crippen molar-refractivity contribution >= 4 is 17.6 Å². The second-order valence-corrected chi connectivity index (χ2v) is 6.25. The minimum atomic E-state index is -1.10. The molecule has 0 spiro atoms. The van der Waals surface area contributed by atoms with Crippen molar-refractivity contribution in [1.82, 2.24) is 20.1 Å². The maximum Gasteiger partial charge on any atom is 0.287 e. The third kappa shape index (κ3) is 4.29. The van der Waals surface area contributed by atoms with Crippen LogP contribution in [0.25, 0.3) is 11.3 Å². The van der Waals surface area contributed by atoms with E-state index in [0.29, 0.717) is 11.3 Å². The van der Waals surface area contributed by atoms with Gasteiger partial charge in [0.15, 0.2) is 0 Å². The summed E-state index contributed by atoms with van der Waals surface area (Å²) in [5.74, 6) is -2.48. The van der Waals surface area contributed by atoms with Gasteiger partial charge in [0.1, 0.15) is 11.7 Å². The number of ketones is 1. The number of nitrogens with two attached hydrogens (primary N) is 1. The van der Waals surface area contributed by atoms with Crippen LogP contribution in [0.15, 0.2) is 61.1 Å². The molecular weight excluding hydrogens is 358 g/mol. The maximum absolute atomic E-state index is 12.9. The van der Waals surface area contributed by atoms with Crippen LogP contribution in [0.1, 0.15) is 15.9 Å². The predicted octanol–water partition coefficient (Wildman–Crippen LogP) is 0.878. The highest BCUT2D eigenvalue weighted by Gasteiger charge is 2.27. The molecule has 0 bridgehead atoms. The van der Waals surface area contributed by atoms with Crippen molar-refractivity contribution in [3.8, 4) is 11.3 Å². The van der Waals surface area contributed by atoms with Gasteiger partial charge in [-0.1, -0.05) is 30.3 Å². The fourth-order valence-electron chi connectivity index (χ4n) is 2.84. The summed E-state index contributed by atoms with van der Waals surface area (Å²) in [6.45, 7) is 0. The van der Waals surface area contributed by atoms with E-state index in [1.165, 1.54) is 4.68 Å². The molecule has 0 aliphatic carbocycles. The highest BCUT2D eigenvalue weighted by Crippen LogP contribution is 2.21. The van der Waals surface area contributed by atoms with Crippen molar-refractivity contribution in [2.24, 2.45) is 12.8 Å². The van der Waals surface area contributed by atoms with Crippen LogP contribution in [0.2, 0.25) is 0 Å². The average molecular weight is 377 g/mol. The third-order valence-corrected chi connectivity index (χ3v) is 4.16. The van der Waals surface area contributed by atoms with E-state index >= 15 is 0 Å². The Hall–Kier alpha value is -3.81. The molecule has 0 fully saturated rings.